The highest BCUT2D eigenvalue weighted by molar-refractivity contribution is 6.32. The summed E-state index contributed by atoms with van der Waals surface area (Å²) in [5.74, 6) is 0.347. The van der Waals surface area contributed by atoms with Crippen molar-refractivity contribution in [2.75, 3.05) is 19.0 Å². The van der Waals surface area contributed by atoms with Gasteiger partial charge in [0, 0.05) is 22.4 Å². The molecule has 0 saturated carbocycles. The summed E-state index contributed by atoms with van der Waals surface area (Å²) in [4.78, 5) is 24.9. The third-order valence-electron chi connectivity index (χ3n) is 4.09. The largest absolute Gasteiger partial charge is 0.495 e. The zero-order valence-electron chi connectivity index (χ0n) is 14.7. The highest BCUT2D eigenvalue weighted by Crippen LogP contribution is 2.25. The number of hydrogen-bond acceptors (Lipinski definition) is 4. The van der Waals surface area contributed by atoms with E-state index in [1.165, 1.54) is 7.11 Å². The first kappa shape index (κ1) is 18.7. The maximum Gasteiger partial charge on any atom is 0.193 e. The van der Waals surface area contributed by atoms with Crippen molar-refractivity contribution in [1.29, 1.82) is 0 Å². The Hall–Kier alpha value is -3.11. The molecule has 0 spiro atoms. The van der Waals surface area contributed by atoms with Gasteiger partial charge in [0.1, 0.15) is 5.75 Å². The monoisotopic (exact) mass is 379 g/mol. The molecule has 27 heavy (non-hydrogen) atoms. The Morgan fingerprint density at radius 1 is 0.889 bits per heavy atom. The Labute approximate surface area is 162 Å². The van der Waals surface area contributed by atoms with Crippen LogP contribution in [0.4, 0.5) is 5.69 Å². The lowest BCUT2D eigenvalue weighted by atomic mass is 10.0. The van der Waals surface area contributed by atoms with Gasteiger partial charge in [-0.2, -0.15) is 0 Å². The summed E-state index contributed by atoms with van der Waals surface area (Å²) >= 11 is 6.07. The Morgan fingerprint density at radius 2 is 1.63 bits per heavy atom. The van der Waals surface area contributed by atoms with Gasteiger partial charge in [0.15, 0.2) is 11.6 Å². The first-order valence-electron chi connectivity index (χ1n) is 8.39. The Bertz CT molecular complexity index is 970. The minimum absolute atomic E-state index is 0.0625. The van der Waals surface area contributed by atoms with E-state index in [0.29, 0.717) is 33.1 Å². The summed E-state index contributed by atoms with van der Waals surface area (Å²) in [7, 11) is 1.52. The average molecular weight is 380 g/mol. The smallest absolute Gasteiger partial charge is 0.193 e. The minimum atomic E-state index is -0.112. The summed E-state index contributed by atoms with van der Waals surface area (Å²) < 4.78 is 5.09. The van der Waals surface area contributed by atoms with Crippen LogP contribution in [0.25, 0.3) is 0 Å². The lowest BCUT2D eigenvalue weighted by Crippen LogP contribution is -2.14. The SMILES string of the molecule is COc1ccc(C(=O)CNc2cccc(C(=O)c3ccccc3)c2)cc1Cl. The van der Waals surface area contributed by atoms with Crippen LogP contribution >= 0.6 is 11.6 Å². The normalized spacial score (nSPS) is 10.3. The maximum atomic E-state index is 12.5. The summed E-state index contributed by atoms with van der Waals surface area (Å²) in [6, 6.07) is 21.1. The fourth-order valence-electron chi connectivity index (χ4n) is 2.65. The lowest BCUT2D eigenvalue weighted by molar-refractivity contribution is 0.100. The summed E-state index contributed by atoms with van der Waals surface area (Å²) in [6.45, 7) is 0.0889. The van der Waals surface area contributed by atoms with Crippen molar-refractivity contribution >= 4 is 28.9 Å². The van der Waals surface area contributed by atoms with E-state index in [2.05, 4.69) is 5.32 Å². The highest BCUT2D eigenvalue weighted by atomic mass is 35.5. The zero-order valence-corrected chi connectivity index (χ0v) is 15.5. The second kappa shape index (κ2) is 8.52. The molecule has 0 heterocycles. The van der Waals surface area contributed by atoms with Gasteiger partial charge in [-0.05, 0) is 30.3 Å². The molecule has 0 amide bonds. The number of anilines is 1. The van der Waals surface area contributed by atoms with Crippen LogP contribution in [0.1, 0.15) is 26.3 Å². The number of hydrogen-bond donors (Lipinski definition) is 1. The van der Waals surface area contributed by atoms with Gasteiger partial charge in [0.25, 0.3) is 0 Å². The van der Waals surface area contributed by atoms with Crippen LogP contribution in [0.3, 0.4) is 0 Å². The van der Waals surface area contributed by atoms with E-state index in [1.54, 1.807) is 48.5 Å². The molecule has 0 radical (unpaired) electrons. The number of halogens is 1. The molecule has 1 N–H and O–H groups in total. The summed E-state index contributed by atoms with van der Waals surface area (Å²) in [5, 5.41) is 3.45. The molecule has 0 unspecified atom stereocenters. The Balaban J connectivity index is 1.69. The fraction of sp³-hybridized carbons (Fsp3) is 0.0909. The Morgan fingerprint density at radius 3 is 2.33 bits per heavy atom. The van der Waals surface area contributed by atoms with E-state index >= 15 is 0 Å². The van der Waals surface area contributed by atoms with Crippen LogP contribution in [-0.2, 0) is 0 Å². The molecule has 136 valence electrons. The van der Waals surface area contributed by atoms with Gasteiger partial charge in [-0.1, -0.05) is 54.1 Å². The average Bonchev–Trinajstić information content (AvgIpc) is 2.72. The van der Waals surface area contributed by atoms with Crippen molar-refractivity contribution in [3.63, 3.8) is 0 Å². The molecule has 0 aliphatic rings. The number of ketones is 2. The number of benzene rings is 3. The molecular formula is C22H18ClNO3. The third-order valence-corrected chi connectivity index (χ3v) is 4.38. The molecule has 0 aliphatic heterocycles. The third kappa shape index (κ3) is 4.54. The lowest BCUT2D eigenvalue weighted by Gasteiger charge is -2.09. The molecule has 0 atom stereocenters. The van der Waals surface area contributed by atoms with Crippen LogP contribution < -0.4 is 10.1 Å². The molecule has 0 fully saturated rings. The van der Waals surface area contributed by atoms with Gasteiger partial charge in [0.05, 0.1) is 18.7 Å². The number of carbonyl (C=O) groups is 2. The van der Waals surface area contributed by atoms with E-state index in [0.717, 1.165) is 0 Å². The highest BCUT2D eigenvalue weighted by Gasteiger charge is 2.11. The molecule has 0 bridgehead atoms. The van der Waals surface area contributed by atoms with Crippen molar-refractivity contribution < 1.29 is 14.3 Å². The van der Waals surface area contributed by atoms with E-state index in [4.69, 9.17) is 16.3 Å². The van der Waals surface area contributed by atoms with Crippen molar-refractivity contribution in [3.8, 4) is 5.75 Å². The van der Waals surface area contributed by atoms with Crippen LogP contribution in [0.15, 0.2) is 72.8 Å². The van der Waals surface area contributed by atoms with E-state index in [1.807, 2.05) is 24.3 Å². The number of rotatable bonds is 7. The predicted molar refractivity (Wildman–Crippen MR) is 107 cm³/mol. The van der Waals surface area contributed by atoms with Gasteiger partial charge < -0.3 is 10.1 Å². The second-order valence-electron chi connectivity index (χ2n) is 5.90. The van der Waals surface area contributed by atoms with Crippen molar-refractivity contribution in [3.05, 3.63) is 94.5 Å². The maximum absolute atomic E-state index is 12.5. The molecule has 3 aromatic carbocycles. The van der Waals surface area contributed by atoms with E-state index in [-0.39, 0.29) is 18.1 Å². The first-order chi connectivity index (χ1) is 13.1. The molecule has 3 rings (SSSR count). The topological polar surface area (TPSA) is 55.4 Å². The van der Waals surface area contributed by atoms with Gasteiger partial charge in [-0.25, -0.2) is 0 Å². The number of Topliss-reactive ketones (excluding diaryl/α,β-unsaturated/α-hetero) is 1. The van der Waals surface area contributed by atoms with Crippen LogP contribution in [0.2, 0.25) is 5.02 Å². The molecule has 3 aromatic rings. The van der Waals surface area contributed by atoms with Crippen molar-refractivity contribution in [1.82, 2.24) is 0 Å². The number of methoxy groups -OCH3 is 1. The Kier molecular flexibility index (Phi) is 5.89. The van der Waals surface area contributed by atoms with Gasteiger partial charge in [0.2, 0.25) is 0 Å². The molecule has 4 nitrogen and oxygen atoms in total. The minimum Gasteiger partial charge on any atom is -0.495 e. The molecular weight excluding hydrogens is 362 g/mol. The van der Waals surface area contributed by atoms with Crippen molar-refractivity contribution in [2.24, 2.45) is 0 Å². The van der Waals surface area contributed by atoms with Crippen LogP contribution in [0, 0.1) is 0 Å². The van der Waals surface area contributed by atoms with Gasteiger partial charge in [-0.15, -0.1) is 0 Å². The van der Waals surface area contributed by atoms with E-state index < -0.39 is 0 Å². The summed E-state index contributed by atoms with van der Waals surface area (Å²) in [6.07, 6.45) is 0. The first-order valence-corrected chi connectivity index (χ1v) is 8.76. The summed E-state index contributed by atoms with van der Waals surface area (Å²) in [5.41, 5.74) is 2.37. The molecule has 0 saturated heterocycles. The van der Waals surface area contributed by atoms with Gasteiger partial charge in [-0.3, -0.25) is 9.59 Å². The standard InChI is InChI=1S/C22H18ClNO3/c1-27-21-11-10-16(13-19(21)23)20(25)14-24-18-9-5-8-17(12-18)22(26)15-6-3-2-4-7-15/h2-13,24H,14H2,1H3. The van der Waals surface area contributed by atoms with Crippen LogP contribution in [-0.4, -0.2) is 25.2 Å². The van der Waals surface area contributed by atoms with Gasteiger partial charge >= 0.3 is 0 Å². The second-order valence-corrected chi connectivity index (χ2v) is 6.31. The number of ether oxygens (including phenoxy) is 1. The predicted octanol–water partition coefficient (Wildman–Crippen LogP) is 4.87. The molecule has 0 aliphatic carbocycles. The molecule has 0 aromatic heterocycles. The number of nitrogens with one attached hydrogen (secondary N) is 1. The van der Waals surface area contributed by atoms with E-state index in [9.17, 15) is 9.59 Å². The van der Waals surface area contributed by atoms with Crippen molar-refractivity contribution in [2.45, 2.75) is 0 Å². The number of carbonyl (C=O) groups excluding carboxylic acids is 2. The zero-order chi connectivity index (χ0) is 19.2. The fourth-order valence-corrected chi connectivity index (χ4v) is 2.91. The van der Waals surface area contributed by atoms with Crippen LogP contribution in [0.5, 0.6) is 5.75 Å². The molecule has 5 heteroatoms. The quantitative estimate of drug-likeness (QED) is 0.595.